The van der Waals surface area contributed by atoms with Gasteiger partial charge in [0, 0.05) is 10.4 Å². The zero-order chi connectivity index (χ0) is 15.4. The Labute approximate surface area is 132 Å². The van der Waals surface area contributed by atoms with Gasteiger partial charge in [-0.15, -0.1) is 0 Å². The van der Waals surface area contributed by atoms with Gasteiger partial charge in [0.15, 0.2) is 0 Å². The third-order valence-electron chi connectivity index (χ3n) is 4.02. The Kier molecular flexibility index (Phi) is 5.36. The number of aromatic carboxylic acids is 1. The summed E-state index contributed by atoms with van der Waals surface area (Å²) in [5.74, 6) is -0.447. The van der Waals surface area contributed by atoms with Crippen LogP contribution in [-0.4, -0.2) is 23.5 Å². The minimum atomic E-state index is -0.992. The van der Waals surface area contributed by atoms with Crippen molar-refractivity contribution in [2.24, 2.45) is 17.6 Å². The van der Waals surface area contributed by atoms with Crippen LogP contribution in [0.5, 0.6) is 0 Å². The molecule has 0 aliphatic heterocycles. The quantitative estimate of drug-likeness (QED) is 0.774. The number of anilines is 1. The standard InChI is InChI=1S/C15H19BrN2O3/c16-12-7-11(15(20)21)5-6-13(12)18-14(19)10-3-1-9(8-17)2-4-10/h5-7,9-10H,1-4,8,17H2,(H,18,19)(H,20,21). The zero-order valence-electron chi connectivity index (χ0n) is 11.6. The number of hydrogen-bond donors (Lipinski definition) is 3. The molecule has 0 saturated heterocycles. The highest BCUT2D eigenvalue weighted by molar-refractivity contribution is 9.10. The van der Waals surface area contributed by atoms with Crippen molar-refractivity contribution >= 4 is 33.5 Å². The Hall–Kier alpha value is -1.40. The highest BCUT2D eigenvalue weighted by atomic mass is 79.9. The summed E-state index contributed by atoms with van der Waals surface area (Å²) in [4.78, 5) is 23.1. The third-order valence-corrected chi connectivity index (χ3v) is 4.68. The Morgan fingerprint density at radius 3 is 2.48 bits per heavy atom. The van der Waals surface area contributed by atoms with Crippen LogP contribution in [0.4, 0.5) is 5.69 Å². The van der Waals surface area contributed by atoms with Gasteiger partial charge in [-0.1, -0.05) is 0 Å². The monoisotopic (exact) mass is 354 g/mol. The molecule has 6 heteroatoms. The van der Waals surface area contributed by atoms with Crippen molar-refractivity contribution in [3.63, 3.8) is 0 Å². The van der Waals surface area contributed by atoms with E-state index in [1.807, 2.05) is 0 Å². The topological polar surface area (TPSA) is 92.4 Å². The van der Waals surface area contributed by atoms with Crippen molar-refractivity contribution < 1.29 is 14.7 Å². The molecule has 1 aromatic carbocycles. The largest absolute Gasteiger partial charge is 0.478 e. The molecule has 1 aromatic rings. The van der Waals surface area contributed by atoms with Crippen molar-refractivity contribution in [2.75, 3.05) is 11.9 Å². The summed E-state index contributed by atoms with van der Waals surface area (Å²) < 4.78 is 0.575. The molecule has 0 bridgehead atoms. The molecule has 5 nitrogen and oxygen atoms in total. The lowest BCUT2D eigenvalue weighted by Crippen LogP contribution is -2.29. The smallest absolute Gasteiger partial charge is 0.335 e. The van der Waals surface area contributed by atoms with Gasteiger partial charge in [-0.05, 0) is 72.3 Å². The van der Waals surface area contributed by atoms with Crippen LogP contribution in [0, 0.1) is 11.8 Å². The lowest BCUT2D eigenvalue weighted by Gasteiger charge is -2.26. The van der Waals surface area contributed by atoms with E-state index in [9.17, 15) is 9.59 Å². The molecule has 0 atom stereocenters. The number of nitrogens with two attached hydrogens (primary N) is 1. The second-order valence-electron chi connectivity index (χ2n) is 5.44. The molecule has 1 fully saturated rings. The van der Waals surface area contributed by atoms with Gasteiger partial charge in [0.05, 0.1) is 11.3 Å². The SMILES string of the molecule is NCC1CCC(C(=O)Nc2ccc(C(=O)O)cc2Br)CC1. The Morgan fingerprint density at radius 1 is 1.29 bits per heavy atom. The lowest BCUT2D eigenvalue weighted by molar-refractivity contribution is -0.121. The average molecular weight is 355 g/mol. The van der Waals surface area contributed by atoms with E-state index < -0.39 is 5.97 Å². The van der Waals surface area contributed by atoms with Crippen molar-refractivity contribution in [2.45, 2.75) is 25.7 Å². The van der Waals surface area contributed by atoms with Crippen LogP contribution in [0.2, 0.25) is 0 Å². The van der Waals surface area contributed by atoms with Crippen LogP contribution in [0.3, 0.4) is 0 Å². The van der Waals surface area contributed by atoms with Crippen LogP contribution in [-0.2, 0) is 4.79 Å². The van der Waals surface area contributed by atoms with E-state index in [0.29, 0.717) is 22.6 Å². The molecule has 4 N–H and O–H groups in total. The maximum Gasteiger partial charge on any atom is 0.335 e. The van der Waals surface area contributed by atoms with Crippen LogP contribution in [0.25, 0.3) is 0 Å². The molecule has 0 spiro atoms. The predicted molar refractivity (Wildman–Crippen MR) is 84.2 cm³/mol. The van der Waals surface area contributed by atoms with E-state index in [0.717, 1.165) is 25.7 Å². The van der Waals surface area contributed by atoms with E-state index in [2.05, 4.69) is 21.2 Å². The van der Waals surface area contributed by atoms with Gasteiger partial charge >= 0.3 is 5.97 Å². The fourth-order valence-electron chi connectivity index (χ4n) is 2.64. The number of benzene rings is 1. The normalized spacial score (nSPS) is 21.8. The molecule has 1 amide bonds. The predicted octanol–water partition coefficient (Wildman–Crippen LogP) is 2.85. The summed E-state index contributed by atoms with van der Waals surface area (Å²) in [6, 6.07) is 4.58. The van der Waals surface area contributed by atoms with Crippen molar-refractivity contribution in [3.8, 4) is 0 Å². The second-order valence-corrected chi connectivity index (χ2v) is 6.30. The second kappa shape index (κ2) is 7.04. The van der Waals surface area contributed by atoms with E-state index >= 15 is 0 Å². The van der Waals surface area contributed by atoms with E-state index in [-0.39, 0.29) is 17.4 Å². The number of nitrogens with one attached hydrogen (secondary N) is 1. The van der Waals surface area contributed by atoms with Gasteiger partial charge in [0.2, 0.25) is 5.91 Å². The van der Waals surface area contributed by atoms with Crippen LogP contribution < -0.4 is 11.1 Å². The van der Waals surface area contributed by atoms with Gasteiger partial charge in [-0.3, -0.25) is 4.79 Å². The Bertz CT molecular complexity index is 540. The number of carbonyl (C=O) groups is 2. The number of carbonyl (C=O) groups excluding carboxylic acids is 1. The molecule has 1 aliphatic carbocycles. The van der Waals surface area contributed by atoms with Gasteiger partial charge in [0.1, 0.15) is 0 Å². The number of amides is 1. The minimum Gasteiger partial charge on any atom is -0.478 e. The first kappa shape index (κ1) is 16.0. The van der Waals surface area contributed by atoms with Crippen molar-refractivity contribution in [1.29, 1.82) is 0 Å². The lowest BCUT2D eigenvalue weighted by atomic mass is 9.81. The maximum atomic E-state index is 12.3. The van der Waals surface area contributed by atoms with Gasteiger partial charge in [-0.2, -0.15) is 0 Å². The summed E-state index contributed by atoms with van der Waals surface area (Å²) in [7, 11) is 0. The molecule has 114 valence electrons. The Morgan fingerprint density at radius 2 is 1.95 bits per heavy atom. The minimum absolute atomic E-state index is 0.00533. The molecule has 0 unspecified atom stereocenters. The highest BCUT2D eigenvalue weighted by Gasteiger charge is 2.26. The van der Waals surface area contributed by atoms with E-state index in [1.165, 1.54) is 12.1 Å². The fourth-order valence-corrected chi connectivity index (χ4v) is 3.12. The molecular weight excluding hydrogens is 336 g/mol. The molecule has 2 rings (SSSR count). The summed E-state index contributed by atoms with van der Waals surface area (Å²) in [6.45, 7) is 0.691. The van der Waals surface area contributed by atoms with Crippen molar-refractivity contribution in [3.05, 3.63) is 28.2 Å². The van der Waals surface area contributed by atoms with Crippen LogP contribution in [0.15, 0.2) is 22.7 Å². The molecule has 1 aliphatic rings. The van der Waals surface area contributed by atoms with Gasteiger partial charge in [-0.25, -0.2) is 4.79 Å². The van der Waals surface area contributed by atoms with E-state index in [4.69, 9.17) is 10.8 Å². The number of carboxylic acid groups (broad SMARTS) is 1. The molecule has 21 heavy (non-hydrogen) atoms. The Balaban J connectivity index is 1.98. The molecular formula is C15H19BrN2O3. The van der Waals surface area contributed by atoms with E-state index in [1.54, 1.807) is 6.07 Å². The number of carboxylic acids is 1. The molecule has 0 radical (unpaired) electrons. The number of halogens is 1. The number of hydrogen-bond acceptors (Lipinski definition) is 3. The highest BCUT2D eigenvalue weighted by Crippen LogP contribution is 2.30. The summed E-state index contributed by atoms with van der Waals surface area (Å²) in [6.07, 6.45) is 3.71. The number of rotatable bonds is 4. The van der Waals surface area contributed by atoms with Gasteiger partial charge < -0.3 is 16.2 Å². The molecule has 0 aromatic heterocycles. The molecule has 1 saturated carbocycles. The van der Waals surface area contributed by atoms with Crippen molar-refractivity contribution in [1.82, 2.24) is 0 Å². The summed E-state index contributed by atoms with van der Waals surface area (Å²) >= 11 is 3.29. The fraction of sp³-hybridized carbons (Fsp3) is 0.467. The van der Waals surface area contributed by atoms with Crippen LogP contribution in [0.1, 0.15) is 36.0 Å². The zero-order valence-corrected chi connectivity index (χ0v) is 13.2. The van der Waals surface area contributed by atoms with Crippen LogP contribution >= 0.6 is 15.9 Å². The maximum absolute atomic E-state index is 12.3. The first-order chi connectivity index (χ1) is 10.0. The molecule has 0 heterocycles. The summed E-state index contributed by atoms with van der Waals surface area (Å²) in [5.41, 5.74) is 6.44. The summed E-state index contributed by atoms with van der Waals surface area (Å²) in [5, 5.41) is 11.8. The first-order valence-corrected chi connectivity index (χ1v) is 7.84. The van der Waals surface area contributed by atoms with Gasteiger partial charge in [0.25, 0.3) is 0 Å². The third kappa shape index (κ3) is 4.04. The first-order valence-electron chi connectivity index (χ1n) is 7.05. The average Bonchev–Trinajstić information content (AvgIpc) is 2.49.